The molecule has 0 spiro atoms. The lowest BCUT2D eigenvalue weighted by atomic mass is 9.97. The molecule has 0 aliphatic carbocycles. The van der Waals surface area contributed by atoms with Crippen LogP contribution in [0.25, 0.3) is 5.65 Å². The van der Waals surface area contributed by atoms with Crippen molar-refractivity contribution in [1.29, 1.82) is 0 Å². The van der Waals surface area contributed by atoms with Crippen LogP contribution in [0.4, 0.5) is 5.82 Å². The van der Waals surface area contributed by atoms with E-state index in [1.165, 1.54) is 4.52 Å². The molecule has 3 N–H and O–H groups in total. The molecule has 0 fully saturated rings. The van der Waals surface area contributed by atoms with E-state index in [0.717, 1.165) is 12.8 Å². The Morgan fingerprint density at radius 1 is 1.42 bits per heavy atom. The van der Waals surface area contributed by atoms with Gasteiger partial charge in [0, 0.05) is 6.54 Å². The highest BCUT2D eigenvalue weighted by Gasteiger charge is 2.15. The summed E-state index contributed by atoms with van der Waals surface area (Å²) in [4.78, 5) is 11.4. The maximum absolute atomic E-state index is 11.4. The number of aromatic amines is 1. The van der Waals surface area contributed by atoms with E-state index in [0.29, 0.717) is 18.0 Å². The highest BCUT2D eigenvalue weighted by Crippen LogP contribution is 2.13. The number of nitrogens with zero attached hydrogens (tertiary/aromatic N) is 3. The van der Waals surface area contributed by atoms with Crippen LogP contribution in [-0.4, -0.2) is 37.6 Å². The van der Waals surface area contributed by atoms with E-state index in [4.69, 9.17) is 0 Å². The highest BCUT2D eigenvalue weighted by atomic mass is 16.3. The van der Waals surface area contributed by atoms with E-state index < -0.39 is 6.10 Å². The van der Waals surface area contributed by atoms with Crippen LogP contribution in [-0.2, 0) is 0 Å². The van der Waals surface area contributed by atoms with E-state index >= 15 is 0 Å². The van der Waals surface area contributed by atoms with Gasteiger partial charge in [-0.3, -0.25) is 0 Å². The van der Waals surface area contributed by atoms with Gasteiger partial charge >= 0.3 is 5.69 Å². The summed E-state index contributed by atoms with van der Waals surface area (Å²) in [6, 6.07) is 3.42. The Labute approximate surface area is 110 Å². The number of anilines is 1. The first kappa shape index (κ1) is 13.5. The lowest BCUT2D eigenvalue weighted by molar-refractivity contribution is 0.114. The van der Waals surface area contributed by atoms with Crippen molar-refractivity contribution < 1.29 is 5.11 Å². The standard InChI is InChI=1S/C12H19N5O2/c1-3-8(4-2)9(18)7-13-10-5-6-11-14-15-12(19)17(11)16-10/h5-6,8-9,18H,3-4,7H2,1-2H3,(H,13,16)(H,15,19). The number of H-pyrrole nitrogens is 1. The number of aliphatic hydroxyl groups excluding tert-OH is 1. The normalized spacial score (nSPS) is 13.1. The Hall–Kier alpha value is -1.89. The second-order valence-electron chi connectivity index (χ2n) is 4.54. The average Bonchev–Trinajstić information content (AvgIpc) is 2.79. The molecule has 0 aliphatic rings. The van der Waals surface area contributed by atoms with Crippen LogP contribution >= 0.6 is 0 Å². The van der Waals surface area contributed by atoms with Gasteiger partial charge in [0.1, 0.15) is 5.82 Å². The molecule has 2 heterocycles. The zero-order valence-corrected chi connectivity index (χ0v) is 11.1. The third kappa shape index (κ3) is 2.93. The maximum Gasteiger partial charge on any atom is 0.364 e. The quantitative estimate of drug-likeness (QED) is 0.712. The molecule has 0 aliphatic heterocycles. The monoisotopic (exact) mass is 265 g/mol. The van der Waals surface area contributed by atoms with Gasteiger partial charge in [-0.1, -0.05) is 26.7 Å². The van der Waals surface area contributed by atoms with Crippen molar-refractivity contribution in [3.05, 3.63) is 22.6 Å². The van der Waals surface area contributed by atoms with Gasteiger partial charge in [0.2, 0.25) is 0 Å². The van der Waals surface area contributed by atoms with Crippen molar-refractivity contribution in [2.45, 2.75) is 32.8 Å². The van der Waals surface area contributed by atoms with Crippen LogP contribution in [0.5, 0.6) is 0 Å². The summed E-state index contributed by atoms with van der Waals surface area (Å²) in [5.41, 5.74) is 0.0929. The summed E-state index contributed by atoms with van der Waals surface area (Å²) in [6.07, 6.45) is 1.45. The smallest absolute Gasteiger partial charge is 0.364 e. The van der Waals surface area contributed by atoms with E-state index in [1.54, 1.807) is 12.1 Å². The summed E-state index contributed by atoms with van der Waals surface area (Å²) in [5.74, 6) is 0.814. The number of hydrogen-bond acceptors (Lipinski definition) is 5. The molecular formula is C12H19N5O2. The number of aliphatic hydroxyl groups is 1. The van der Waals surface area contributed by atoms with Crippen LogP contribution in [0.3, 0.4) is 0 Å². The zero-order chi connectivity index (χ0) is 13.8. The van der Waals surface area contributed by atoms with Gasteiger partial charge in [-0.25, -0.2) is 9.89 Å². The van der Waals surface area contributed by atoms with Crippen molar-refractivity contribution in [1.82, 2.24) is 19.8 Å². The second-order valence-corrected chi connectivity index (χ2v) is 4.54. The molecule has 0 bridgehead atoms. The van der Waals surface area contributed by atoms with Crippen molar-refractivity contribution >= 4 is 11.5 Å². The first-order valence-corrected chi connectivity index (χ1v) is 6.52. The minimum absolute atomic E-state index is 0.271. The summed E-state index contributed by atoms with van der Waals surface area (Å²) in [7, 11) is 0. The second kappa shape index (κ2) is 5.83. The molecule has 1 atom stereocenters. The van der Waals surface area contributed by atoms with Crippen LogP contribution in [0.1, 0.15) is 26.7 Å². The Balaban J connectivity index is 2.05. The van der Waals surface area contributed by atoms with Gasteiger partial charge in [-0.05, 0) is 18.1 Å². The average molecular weight is 265 g/mol. The van der Waals surface area contributed by atoms with Gasteiger partial charge in [0.05, 0.1) is 6.10 Å². The van der Waals surface area contributed by atoms with Gasteiger partial charge in [-0.2, -0.15) is 9.61 Å². The first-order valence-electron chi connectivity index (χ1n) is 6.52. The number of aromatic nitrogens is 4. The van der Waals surface area contributed by atoms with Gasteiger partial charge in [0.15, 0.2) is 5.65 Å². The van der Waals surface area contributed by atoms with E-state index in [1.807, 2.05) is 0 Å². The van der Waals surface area contributed by atoms with Crippen molar-refractivity contribution in [3.63, 3.8) is 0 Å². The van der Waals surface area contributed by atoms with Gasteiger partial charge in [0.25, 0.3) is 0 Å². The molecule has 0 aromatic carbocycles. The van der Waals surface area contributed by atoms with E-state index in [9.17, 15) is 9.90 Å². The van der Waals surface area contributed by atoms with Gasteiger partial charge in [-0.15, -0.1) is 5.10 Å². The van der Waals surface area contributed by atoms with Crippen molar-refractivity contribution in [2.24, 2.45) is 5.92 Å². The molecule has 2 aromatic rings. The largest absolute Gasteiger partial charge is 0.391 e. The first-order chi connectivity index (χ1) is 9.15. The molecule has 19 heavy (non-hydrogen) atoms. The molecule has 0 saturated heterocycles. The fraction of sp³-hybridized carbons (Fsp3) is 0.583. The molecule has 2 rings (SSSR count). The lowest BCUT2D eigenvalue weighted by Gasteiger charge is -2.20. The minimum Gasteiger partial charge on any atom is -0.391 e. The number of nitrogens with one attached hydrogen (secondary N) is 2. The summed E-state index contributed by atoms with van der Waals surface area (Å²) in [6.45, 7) is 4.54. The molecule has 7 nitrogen and oxygen atoms in total. The number of hydrogen-bond donors (Lipinski definition) is 3. The summed E-state index contributed by atoms with van der Waals surface area (Å²) in [5, 5.41) is 23.3. The Morgan fingerprint density at radius 3 is 2.84 bits per heavy atom. The highest BCUT2D eigenvalue weighted by molar-refractivity contribution is 5.42. The van der Waals surface area contributed by atoms with Crippen LogP contribution < -0.4 is 11.0 Å². The molecule has 104 valence electrons. The third-order valence-electron chi connectivity index (χ3n) is 3.36. The summed E-state index contributed by atoms with van der Waals surface area (Å²) >= 11 is 0. The van der Waals surface area contributed by atoms with Crippen molar-refractivity contribution in [2.75, 3.05) is 11.9 Å². The fourth-order valence-corrected chi connectivity index (χ4v) is 2.11. The number of fused-ring (bicyclic) bond motifs is 1. The molecule has 0 amide bonds. The van der Waals surface area contributed by atoms with Crippen LogP contribution in [0.15, 0.2) is 16.9 Å². The van der Waals surface area contributed by atoms with Crippen LogP contribution in [0, 0.1) is 5.92 Å². The SMILES string of the molecule is CCC(CC)C(O)CNc1ccc2n[nH]c(=O)n2n1. The molecule has 0 radical (unpaired) electrons. The molecular weight excluding hydrogens is 246 g/mol. The Bertz CT molecular complexity index is 587. The summed E-state index contributed by atoms with van der Waals surface area (Å²) < 4.78 is 1.19. The topological polar surface area (TPSA) is 95.3 Å². The lowest BCUT2D eigenvalue weighted by Crippen LogP contribution is -2.28. The minimum atomic E-state index is -0.423. The Kier molecular flexibility index (Phi) is 4.16. The molecule has 7 heteroatoms. The molecule has 1 unspecified atom stereocenters. The zero-order valence-electron chi connectivity index (χ0n) is 11.1. The van der Waals surface area contributed by atoms with Gasteiger partial charge < -0.3 is 10.4 Å². The molecule has 2 aromatic heterocycles. The van der Waals surface area contributed by atoms with E-state index in [-0.39, 0.29) is 11.6 Å². The van der Waals surface area contributed by atoms with Crippen molar-refractivity contribution in [3.8, 4) is 0 Å². The third-order valence-corrected chi connectivity index (χ3v) is 3.36. The maximum atomic E-state index is 11.4. The number of rotatable bonds is 6. The van der Waals surface area contributed by atoms with E-state index in [2.05, 4.69) is 34.5 Å². The fourth-order valence-electron chi connectivity index (χ4n) is 2.11. The van der Waals surface area contributed by atoms with Crippen LogP contribution in [0.2, 0.25) is 0 Å². The molecule has 0 saturated carbocycles. The Morgan fingerprint density at radius 2 is 2.16 bits per heavy atom. The predicted molar refractivity (Wildman–Crippen MR) is 72.2 cm³/mol. The predicted octanol–water partition coefficient (Wildman–Crippen LogP) is 0.627.